The van der Waals surface area contributed by atoms with E-state index in [0.29, 0.717) is 5.95 Å². The van der Waals surface area contributed by atoms with Crippen LogP contribution in [0.5, 0.6) is 0 Å². The first-order chi connectivity index (χ1) is 10.3. The van der Waals surface area contributed by atoms with Crippen molar-refractivity contribution in [2.45, 2.75) is 32.1 Å². The van der Waals surface area contributed by atoms with Gasteiger partial charge in [-0.05, 0) is 24.3 Å². The van der Waals surface area contributed by atoms with Gasteiger partial charge in [0.25, 0.3) is 0 Å². The fourth-order valence-corrected chi connectivity index (χ4v) is 3.78. The van der Waals surface area contributed by atoms with Crippen molar-refractivity contribution in [2.75, 3.05) is 23.9 Å². The van der Waals surface area contributed by atoms with Crippen LogP contribution in [0.2, 0.25) is 0 Å². The summed E-state index contributed by atoms with van der Waals surface area (Å²) in [6.07, 6.45) is 5.78. The molecule has 1 aliphatic carbocycles. The predicted molar refractivity (Wildman–Crippen MR) is 86.3 cm³/mol. The zero-order valence-corrected chi connectivity index (χ0v) is 12.7. The highest BCUT2D eigenvalue weighted by atomic mass is 32.1. The number of aliphatic hydroxyl groups excluding tert-OH is 1. The Morgan fingerprint density at radius 1 is 1.29 bits per heavy atom. The Morgan fingerprint density at radius 3 is 2.81 bits per heavy atom. The first-order valence-corrected chi connectivity index (χ1v) is 8.21. The molecule has 0 aromatic carbocycles. The normalized spacial score (nSPS) is 17.8. The summed E-state index contributed by atoms with van der Waals surface area (Å²) >= 11 is 1.56. The summed E-state index contributed by atoms with van der Waals surface area (Å²) in [6.45, 7) is 0.954. The van der Waals surface area contributed by atoms with Gasteiger partial charge in [0.05, 0.1) is 12.0 Å². The number of thiophene rings is 1. The monoisotopic (exact) mass is 307 g/mol. The quantitative estimate of drug-likeness (QED) is 0.500. The number of nitrogens with zero attached hydrogens (tertiary/aromatic N) is 2. The van der Waals surface area contributed by atoms with Crippen molar-refractivity contribution >= 4 is 33.3 Å². The summed E-state index contributed by atoms with van der Waals surface area (Å²) in [4.78, 5) is 9.64. The van der Waals surface area contributed by atoms with Crippen molar-refractivity contribution in [2.24, 2.45) is 11.3 Å². The Morgan fingerprint density at radius 2 is 2.10 bits per heavy atom. The molecule has 0 amide bonds. The summed E-state index contributed by atoms with van der Waals surface area (Å²) < 4.78 is 0. The minimum Gasteiger partial charge on any atom is -0.396 e. The maximum atomic E-state index is 9.79. The maximum Gasteiger partial charge on any atom is 0.240 e. The minimum atomic E-state index is -0.0259. The van der Waals surface area contributed by atoms with Gasteiger partial charge >= 0.3 is 0 Å². The molecule has 1 saturated carbocycles. The van der Waals surface area contributed by atoms with E-state index in [1.54, 1.807) is 11.3 Å². The third-order valence-corrected chi connectivity index (χ3v) is 5.14. The van der Waals surface area contributed by atoms with Gasteiger partial charge in [-0.2, -0.15) is 4.98 Å². The van der Waals surface area contributed by atoms with Crippen molar-refractivity contribution in [3.63, 3.8) is 0 Å². The first kappa shape index (κ1) is 14.5. The van der Waals surface area contributed by atoms with E-state index < -0.39 is 0 Å². The zero-order chi connectivity index (χ0) is 14.7. The van der Waals surface area contributed by atoms with E-state index in [0.717, 1.165) is 35.4 Å². The van der Waals surface area contributed by atoms with Crippen molar-refractivity contribution in [3.05, 3.63) is 11.4 Å². The predicted octanol–water partition coefficient (Wildman–Crippen LogP) is 2.33. The minimum absolute atomic E-state index is 0.0259. The molecule has 0 bridgehead atoms. The molecule has 7 heteroatoms. The highest BCUT2D eigenvalue weighted by Crippen LogP contribution is 2.36. The van der Waals surface area contributed by atoms with Crippen LogP contribution in [0.3, 0.4) is 0 Å². The Hall–Kier alpha value is -1.44. The van der Waals surface area contributed by atoms with E-state index in [-0.39, 0.29) is 12.0 Å². The van der Waals surface area contributed by atoms with Gasteiger partial charge in [0.15, 0.2) is 0 Å². The lowest BCUT2D eigenvalue weighted by atomic mass is 9.74. The molecule has 6 nitrogen and oxygen atoms in total. The van der Waals surface area contributed by atoms with Crippen molar-refractivity contribution in [3.8, 4) is 0 Å². The number of nitrogens with one attached hydrogen (secondary N) is 2. The van der Waals surface area contributed by atoms with E-state index in [2.05, 4.69) is 20.7 Å². The molecule has 114 valence electrons. The van der Waals surface area contributed by atoms with Gasteiger partial charge in [-0.15, -0.1) is 11.3 Å². The summed E-state index contributed by atoms with van der Waals surface area (Å²) in [5.74, 6) is 6.63. The molecule has 3 rings (SSSR count). The van der Waals surface area contributed by atoms with Crippen LogP contribution in [-0.2, 0) is 0 Å². The number of fused-ring (bicyclic) bond motifs is 1. The number of aromatic nitrogens is 2. The average Bonchev–Trinajstić information content (AvgIpc) is 3.02. The van der Waals surface area contributed by atoms with E-state index in [1.165, 1.54) is 19.3 Å². The van der Waals surface area contributed by atoms with Crippen LogP contribution in [0.15, 0.2) is 11.4 Å². The Bertz CT molecular complexity index is 608. The molecule has 0 unspecified atom stereocenters. The number of hydrogen-bond donors (Lipinski definition) is 4. The number of nitrogens with two attached hydrogens (primary N) is 1. The lowest BCUT2D eigenvalue weighted by molar-refractivity contribution is 0.0943. The molecule has 1 fully saturated rings. The van der Waals surface area contributed by atoms with E-state index in [4.69, 9.17) is 5.84 Å². The Balaban J connectivity index is 1.82. The van der Waals surface area contributed by atoms with Gasteiger partial charge in [-0.3, -0.25) is 5.43 Å². The fraction of sp³-hybridized carbons (Fsp3) is 0.571. The number of rotatable bonds is 5. The highest BCUT2D eigenvalue weighted by Gasteiger charge is 2.31. The molecular formula is C14H21N5OS. The van der Waals surface area contributed by atoms with Crippen LogP contribution in [0.4, 0.5) is 11.8 Å². The van der Waals surface area contributed by atoms with Crippen molar-refractivity contribution < 1.29 is 5.11 Å². The average molecular weight is 307 g/mol. The molecule has 0 spiro atoms. The van der Waals surface area contributed by atoms with Gasteiger partial charge in [-0.25, -0.2) is 10.8 Å². The lowest BCUT2D eigenvalue weighted by Crippen LogP contribution is -2.35. The molecule has 1 aliphatic rings. The molecule has 5 N–H and O–H groups in total. The molecule has 2 aromatic rings. The Kier molecular flexibility index (Phi) is 4.23. The fourth-order valence-electron chi connectivity index (χ4n) is 3.02. The third-order valence-electron chi connectivity index (χ3n) is 4.33. The lowest BCUT2D eigenvalue weighted by Gasteiger charge is -2.35. The number of aliphatic hydroxyl groups is 1. The molecule has 0 aliphatic heterocycles. The second-order valence-corrected chi connectivity index (χ2v) is 6.65. The van der Waals surface area contributed by atoms with Gasteiger partial charge in [0.1, 0.15) is 10.6 Å². The SMILES string of the molecule is NNc1nc(NCC2(CO)CCCCC2)c2ccsc2n1. The van der Waals surface area contributed by atoms with E-state index >= 15 is 0 Å². The van der Waals surface area contributed by atoms with Gasteiger partial charge < -0.3 is 10.4 Å². The second kappa shape index (κ2) is 6.13. The maximum absolute atomic E-state index is 9.79. The molecule has 0 atom stereocenters. The summed E-state index contributed by atoms with van der Waals surface area (Å²) in [5, 5.41) is 16.2. The number of nitrogen functional groups attached to an aromatic ring is 1. The third kappa shape index (κ3) is 2.95. The Labute approximate surface area is 127 Å². The van der Waals surface area contributed by atoms with E-state index in [9.17, 15) is 5.11 Å². The molecule has 0 radical (unpaired) electrons. The van der Waals surface area contributed by atoms with Crippen LogP contribution in [-0.4, -0.2) is 28.2 Å². The molecule has 21 heavy (non-hydrogen) atoms. The van der Waals surface area contributed by atoms with Crippen LogP contribution in [0, 0.1) is 5.41 Å². The summed E-state index contributed by atoms with van der Waals surface area (Å²) in [6, 6.07) is 2.01. The van der Waals surface area contributed by atoms with Gasteiger partial charge in [0, 0.05) is 12.0 Å². The highest BCUT2D eigenvalue weighted by molar-refractivity contribution is 7.16. The summed E-state index contributed by atoms with van der Waals surface area (Å²) in [7, 11) is 0. The second-order valence-electron chi connectivity index (χ2n) is 5.75. The molecular weight excluding hydrogens is 286 g/mol. The van der Waals surface area contributed by atoms with E-state index in [1.807, 2.05) is 11.4 Å². The molecule has 2 aromatic heterocycles. The van der Waals surface area contributed by atoms with Crippen molar-refractivity contribution in [1.82, 2.24) is 9.97 Å². The smallest absolute Gasteiger partial charge is 0.240 e. The first-order valence-electron chi connectivity index (χ1n) is 7.33. The number of hydrazine groups is 1. The number of anilines is 2. The summed E-state index contributed by atoms with van der Waals surface area (Å²) in [5.41, 5.74) is 2.48. The van der Waals surface area contributed by atoms with Gasteiger partial charge in [-0.1, -0.05) is 19.3 Å². The topological polar surface area (TPSA) is 96.1 Å². The largest absolute Gasteiger partial charge is 0.396 e. The van der Waals surface area contributed by atoms with Crippen LogP contribution >= 0.6 is 11.3 Å². The van der Waals surface area contributed by atoms with Crippen LogP contribution in [0.25, 0.3) is 10.2 Å². The standard InChI is InChI=1S/C14H21N5OS/c15-19-13-17-11(10-4-7-21-12(10)18-13)16-8-14(9-20)5-2-1-3-6-14/h4,7,20H,1-3,5-6,8-9,15H2,(H2,16,17,18,19). The van der Waals surface area contributed by atoms with Gasteiger partial charge in [0.2, 0.25) is 5.95 Å². The molecule has 2 heterocycles. The van der Waals surface area contributed by atoms with Crippen LogP contribution < -0.4 is 16.6 Å². The molecule has 0 saturated heterocycles. The van der Waals surface area contributed by atoms with Crippen molar-refractivity contribution in [1.29, 1.82) is 0 Å². The zero-order valence-electron chi connectivity index (χ0n) is 11.9. The number of hydrogen-bond acceptors (Lipinski definition) is 7. The van der Waals surface area contributed by atoms with Crippen LogP contribution in [0.1, 0.15) is 32.1 Å².